The number of rotatable bonds is 6. The lowest BCUT2D eigenvalue weighted by atomic mass is 9.70. The second-order valence-electron chi connectivity index (χ2n) is 8.34. The normalized spacial score (nSPS) is 24.5. The lowest BCUT2D eigenvalue weighted by Gasteiger charge is -2.35. The standard InChI is InChI=1S/C22H24N6O2S/c1-14(29)28-17-7-8-18(28)22(10-17,9-16-12-31-13-24-16)21(30)23-11-19-25-20(27-26-19)15-5-3-2-4-6-15/h2-6,12-13,17-18H,7-11H2,1H3,(H,23,30)(H,25,26,27)/t17?,18?,22-/m0/s1. The molecule has 0 radical (unpaired) electrons. The van der Waals surface area contributed by atoms with Gasteiger partial charge < -0.3 is 10.2 Å². The summed E-state index contributed by atoms with van der Waals surface area (Å²) in [6, 6.07) is 9.74. The maximum absolute atomic E-state index is 13.6. The minimum Gasteiger partial charge on any atom is -0.348 e. The highest BCUT2D eigenvalue weighted by Crippen LogP contribution is 2.51. The second kappa shape index (κ2) is 7.88. The number of aromatic nitrogens is 4. The maximum Gasteiger partial charge on any atom is 0.229 e. The van der Waals surface area contributed by atoms with Crippen molar-refractivity contribution >= 4 is 23.2 Å². The Morgan fingerprint density at radius 2 is 2.13 bits per heavy atom. The number of nitrogens with zero attached hydrogens (tertiary/aromatic N) is 4. The monoisotopic (exact) mass is 436 g/mol. The number of thiazole rings is 1. The van der Waals surface area contributed by atoms with E-state index >= 15 is 0 Å². The van der Waals surface area contributed by atoms with Crippen LogP contribution in [0.5, 0.6) is 0 Å². The van der Waals surface area contributed by atoms with E-state index in [1.165, 1.54) is 11.3 Å². The molecule has 2 aromatic heterocycles. The van der Waals surface area contributed by atoms with Gasteiger partial charge in [-0.1, -0.05) is 30.3 Å². The smallest absolute Gasteiger partial charge is 0.229 e. The van der Waals surface area contributed by atoms with Crippen molar-refractivity contribution in [1.82, 2.24) is 30.4 Å². The van der Waals surface area contributed by atoms with Crippen LogP contribution in [0.3, 0.4) is 0 Å². The summed E-state index contributed by atoms with van der Waals surface area (Å²) in [6.07, 6.45) is 3.02. The van der Waals surface area contributed by atoms with E-state index < -0.39 is 5.41 Å². The number of amides is 2. The fraction of sp³-hybridized carbons (Fsp3) is 0.409. The van der Waals surface area contributed by atoms with E-state index in [1.807, 2.05) is 40.6 Å². The number of hydrogen-bond acceptors (Lipinski definition) is 6. The molecule has 3 aromatic rings. The van der Waals surface area contributed by atoms with E-state index in [9.17, 15) is 9.59 Å². The van der Waals surface area contributed by atoms with E-state index in [2.05, 4.69) is 25.5 Å². The van der Waals surface area contributed by atoms with Gasteiger partial charge in [-0.25, -0.2) is 9.97 Å². The van der Waals surface area contributed by atoms with Crippen LogP contribution in [0.15, 0.2) is 41.2 Å². The quantitative estimate of drug-likeness (QED) is 0.618. The minimum atomic E-state index is -0.662. The molecule has 2 aliphatic heterocycles. The van der Waals surface area contributed by atoms with Crippen LogP contribution in [0, 0.1) is 5.41 Å². The first-order chi connectivity index (χ1) is 15.1. The number of H-pyrrole nitrogens is 1. The Labute approximate surface area is 184 Å². The number of aromatic amines is 1. The van der Waals surface area contributed by atoms with Crippen LogP contribution in [0.4, 0.5) is 0 Å². The van der Waals surface area contributed by atoms with Gasteiger partial charge in [0.15, 0.2) is 5.82 Å². The molecule has 2 aliphatic rings. The SMILES string of the molecule is CC(=O)N1C2CCC1[C@@](Cc1cscn1)(C(=O)NCc1nc(-c3ccccc3)n[nH]1)C2. The number of hydrogen-bond donors (Lipinski definition) is 2. The predicted octanol–water partition coefficient (Wildman–Crippen LogP) is 2.56. The molecule has 31 heavy (non-hydrogen) atoms. The van der Waals surface area contributed by atoms with Crippen LogP contribution >= 0.6 is 11.3 Å². The molecular weight excluding hydrogens is 412 g/mol. The van der Waals surface area contributed by atoms with Crippen LogP contribution < -0.4 is 5.32 Å². The fourth-order valence-corrected chi connectivity index (χ4v) is 5.81. The van der Waals surface area contributed by atoms with Crippen LogP contribution in [-0.4, -0.2) is 49.0 Å². The van der Waals surface area contributed by atoms with Gasteiger partial charge in [0.25, 0.3) is 0 Å². The van der Waals surface area contributed by atoms with E-state index in [1.54, 1.807) is 12.4 Å². The molecule has 1 aromatic carbocycles. The minimum absolute atomic E-state index is 0.0446. The Morgan fingerprint density at radius 1 is 1.29 bits per heavy atom. The molecule has 0 aliphatic carbocycles. The molecule has 2 saturated heterocycles. The zero-order chi connectivity index (χ0) is 21.4. The van der Waals surface area contributed by atoms with Crippen molar-refractivity contribution in [3.8, 4) is 11.4 Å². The van der Waals surface area contributed by atoms with Crippen molar-refractivity contribution in [2.45, 2.75) is 51.2 Å². The third kappa shape index (κ3) is 3.52. The predicted molar refractivity (Wildman–Crippen MR) is 116 cm³/mol. The van der Waals surface area contributed by atoms with E-state index in [0.29, 0.717) is 24.5 Å². The summed E-state index contributed by atoms with van der Waals surface area (Å²) in [4.78, 5) is 36.7. The number of nitrogens with one attached hydrogen (secondary N) is 2. The molecule has 2 bridgehead atoms. The second-order valence-corrected chi connectivity index (χ2v) is 9.06. The molecule has 4 heterocycles. The molecule has 9 heteroatoms. The zero-order valence-corrected chi connectivity index (χ0v) is 18.1. The first-order valence-electron chi connectivity index (χ1n) is 10.5. The summed E-state index contributed by atoms with van der Waals surface area (Å²) >= 11 is 1.52. The van der Waals surface area contributed by atoms with Crippen molar-refractivity contribution in [2.24, 2.45) is 5.41 Å². The summed E-state index contributed by atoms with van der Waals surface area (Å²) in [5.41, 5.74) is 2.95. The third-order valence-corrected chi connectivity index (χ3v) is 7.15. The Hall–Kier alpha value is -3.07. The van der Waals surface area contributed by atoms with Gasteiger partial charge in [-0.3, -0.25) is 14.7 Å². The zero-order valence-electron chi connectivity index (χ0n) is 17.2. The highest BCUT2D eigenvalue weighted by atomic mass is 32.1. The van der Waals surface area contributed by atoms with Gasteiger partial charge in [0.05, 0.1) is 23.2 Å². The summed E-state index contributed by atoms with van der Waals surface area (Å²) in [6.45, 7) is 1.86. The number of fused-ring (bicyclic) bond motifs is 2. The molecule has 3 atom stereocenters. The van der Waals surface area contributed by atoms with Crippen molar-refractivity contribution in [1.29, 1.82) is 0 Å². The van der Waals surface area contributed by atoms with Gasteiger partial charge in [0.1, 0.15) is 5.82 Å². The van der Waals surface area contributed by atoms with E-state index in [0.717, 1.165) is 24.1 Å². The number of carbonyl (C=O) groups excluding carboxylic acids is 2. The Morgan fingerprint density at radius 3 is 2.84 bits per heavy atom. The first kappa shape index (κ1) is 19.9. The first-order valence-corrected chi connectivity index (χ1v) is 11.4. The van der Waals surface area contributed by atoms with E-state index in [4.69, 9.17) is 0 Å². The Kier molecular flexibility index (Phi) is 5.05. The van der Waals surface area contributed by atoms with Gasteiger partial charge in [-0.2, -0.15) is 5.10 Å². The molecule has 2 N–H and O–H groups in total. The van der Waals surface area contributed by atoms with E-state index in [-0.39, 0.29) is 30.4 Å². The largest absolute Gasteiger partial charge is 0.348 e. The summed E-state index contributed by atoms with van der Waals surface area (Å²) in [7, 11) is 0. The summed E-state index contributed by atoms with van der Waals surface area (Å²) < 4.78 is 0. The third-order valence-electron chi connectivity index (χ3n) is 6.52. The van der Waals surface area contributed by atoms with Gasteiger partial charge in [0, 0.05) is 36.4 Å². The van der Waals surface area contributed by atoms with Crippen LogP contribution in [-0.2, 0) is 22.6 Å². The molecule has 160 valence electrons. The topological polar surface area (TPSA) is 104 Å². The molecule has 0 spiro atoms. The molecular formula is C22H24N6O2S. The molecule has 8 nitrogen and oxygen atoms in total. The van der Waals surface area contributed by atoms with Crippen molar-refractivity contribution in [3.63, 3.8) is 0 Å². The van der Waals surface area contributed by atoms with Crippen molar-refractivity contribution in [2.75, 3.05) is 0 Å². The highest BCUT2D eigenvalue weighted by Gasteiger charge is 2.60. The summed E-state index contributed by atoms with van der Waals surface area (Å²) in [5.74, 6) is 1.20. The average Bonchev–Trinajstić information content (AvgIpc) is 3.56. The molecule has 2 unspecified atom stereocenters. The highest BCUT2D eigenvalue weighted by molar-refractivity contribution is 7.07. The Bertz CT molecular complexity index is 1080. The van der Waals surface area contributed by atoms with Gasteiger partial charge in [-0.15, -0.1) is 11.3 Å². The number of carbonyl (C=O) groups is 2. The van der Waals surface area contributed by atoms with Gasteiger partial charge in [0.2, 0.25) is 11.8 Å². The Balaban J connectivity index is 1.35. The van der Waals surface area contributed by atoms with Crippen LogP contribution in [0.25, 0.3) is 11.4 Å². The molecule has 2 amide bonds. The van der Waals surface area contributed by atoms with Crippen LogP contribution in [0.1, 0.15) is 37.7 Å². The molecule has 0 saturated carbocycles. The van der Waals surface area contributed by atoms with Crippen molar-refractivity contribution in [3.05, 3.63) is 52.7 Å². The molecule has 5 rings (SSSR count). The fourth-order valence-electron chi connectivity index (χ4n) is 5.25. The lowest BCUT2D eigenvalue weighted by molar-refractivity contribution is -0.135. The maximum atomic E-state index is 13.6. The van der Waals surface area contributed by atoms with Crippen molar-refractivity contribution < 1.29 is 9.59 Å². The molecule has 2 fully saturated rings. The summed E-state index contributed by atoms with van der Waals surface area (Å²) in [5, 5.41) is 12.2. The van der Waals surface area contributed by atoms with Crippen LogP contribution in [0.2, 0.25) is 0 Å². The van der Waals surface area contributed by atoms with Gasteiger partial charge >= 0.3 is 0 Å². The number of benzene rings is 1. The van der Waals surface area contributed by atoms with Gasteiger partial charge in [-0.05, 0) is 19.3 Å². The average molecular weight is 437 g/mol. The lowest BCUT2D eigenvalue weighted by Crippen LogP contribution is -2.51.